The summed E-state index contributed by atoms with van der Waals surface area (Å²) in [6.07, 6.45) is 8.21. The minimum Gasteiger partial charge on any atom is -0.311 e. The highest BCUT2D eigenvalue weighted by Gasteiger charge is 2.29. The highest BCUT2D eigenvalue weighted by atomic mass is 35.5. The van der Waals surface area contributed by atoms with Crippen LogP contribution in [0.2, 0.25) is 5.02 Å². The molecule has 1 saturated carbocycles. The van der Waals surface area contributed by atoms with Crippen molar-refractivity contribution in [3.63, 3.8) is 0 Å². The fraction of sp³-hybridized carbons (Fsp3) is 0.600. The van der Waals surface area contributed by atoms with Gasteiger partial charge in [-0.15, -0.1) is 11.6 Å². The van der Waals surface area contributed by atoms with E-state index < -0.39 is 0 Å². The molecule has 0 N–H and O–H groups in total. The number of rotatable bonds is 3. The number of pyridine rings is 1. The van der Waals surface area contributed by atoms with E-state index in [0.29, 0.717) is 16.3 Å². The Morgan fingerprint density at radius 2 is 2.05 bits per heavy atom. The molecule has 0 amide bonds. The number of halogens is 2. The van der Waals surface area contributed by atoms with E-state index in [0.717, 1.165) is 23.5 Å². The molecule has 1 aliphatic rings. The summed E-state index contributed by atoms with van der Waals surface area (Å²) in [7, 11) is 0. The normalized spacial score (nSPS) is 18.6. The Morgan fingerprint density at radius 3 is 2.75 bits per heavy atom. The molecule has 0 aliphatic heterocycles. The van der Waals surface area contributed by atoms with Crippen molar-refractivity contribution in [2.45, 2.75) is 51.5 Å². The Bertz CT molecular complexity index is 615. The summed E-state index contributed by atoms with van der Waals surface area (Å²) in [4.78, 5) is 9.03. The van der Waals surface area contributed by atoms with Gasteiger partial charge in [-0.05, 0) is 24.3 Å². The lowest BCUT2D eigenvalue weighted by Crippen LogP contribution is -2.27. The van der Waals surface area contributed by atoms with E-state index in [-0.39, 0.29) is 0 Å². The van der Waals surface area contributed by atoms with Gasteiger partial charge in [0.2, 0.25) is 0 Å². The Kier molecular flexibility index (Phi) is 3.91. The Labute approximate surface area is 129 Å². The molecule has 0 spiro atoms. The molecule has 0 bridgehead atoms. The molecule has 0 atom stereocenters. The van der Waals surface area contributed by atoms with Crippen molar-refractivity contribution in [3.05, 3.63) is 23.1 Å². The van der Waals surface area contributed by atoms with Gasteiger partial charge >= 0.3 is 0 Å². The van der Waals surface area contributed by atoms with Crippen molar-refractivity contribution in [1.82, 2.24) is 14.5 Å². The maximum Gasteiger partial charge on any atom is 0.160 e. The maximum absolute atomic E-state index is 6.06. The van der Waals surface area contributed by atoms with Crippen LogP contribution in [-0.2, 0) is 12.4 Å². The first-order chi connectivity index (χ1) is 9.61. The van der Waals surface area contributed by atoms with Crippen LogP contribution in [0.4, 0.5) is 0 Å². The zero-order valence-corrected chi connectivity index (χ0v) is 13.2. The summed E-state index contributed by atoms with van der Waals surface area (Å²) >= 11 is 12.1. The molecular formula is C15H19Cl2N3. The summed E-state index contributed by atoms with van der Waals surface area (Å²) in [5.74, 6) is 1.30. The van der Waals surface area contributed by atoms with E-state index in [2.05, 4.69) is 21.5 Å². The van der Waals surface area contributed by atoms with E-state index in [1.54, 1.807) is 6.20 Å². The second-order valence-electron chi connectivity index (χ2n) is 6.12. The van der Waals surface area contributed by atoms with Crippen molar-refractivity contribution < 1.29 is 0 Å². The molecule has 2 heterocycles. The fourth-order valence-electron chi connectivity index (χ4n) is 3.25. The van der Waals surface area contributed by atoms with Crippen LogP contribution in [-0.4, -0.2) is 14.5 Å². The third kappa shape index (κ3) is 2.66. The van der Waals surface area contributed by atoms with Crippen LogP contribution in [0.5, 0.6) is 0 Å². The molecule has 0 saturated heterocycles. The molecule has 20 heavy (non-hydrogen) atoms. The molecule has 3 nitrogen and oxygen atoms in total. The van der Waals surface area contributed by atoms with Crippen LogP contribution in [0.25, 0.3) is 11.2 Å². The van der Waals surface area contributed by atoms with Gasteiger partial charge in [0.15, 0.2) is 5.65 Å². The first kappa shape index (κ1) is 14.2. The van der Waals surface area contributed by atoms with Crippen LogP contribution >= 0.6 is 23.2 Å². The average molecular weight is 312 g/mol. The molecule has 0 radical (unpaired) electrons. The number of aromatic nitrogens is 3. The maximum atomic E-state index is 6.06. The molecule has 108 valence electrons. The second-order valence-corrected chi connectivity index (χ2v) is 6.82. The summed E-state index contributed by atoms with van der Waals surface area (Å²) in [6.45, 7) is 3.31. The predicted octanol–water partition coefficient (Wildman–Crippen LogP) is 4.79. The topological polar surface area (TPSA) is 30.7 Å². The lowest BCUT2D eigenvalue weighted by molar-refractivity contribution is 0.183. The van der Waals surface area contributed by atoms with Crippen LogP contribution in [0, 0.1) is 5.41 Å². The van der Waals surface area contributed by atoms with Crippen LogP contribution in [0.3, 0.4) is 0 Å². The van der Waals surface area contributed by atoms with E-state index in [4.69, 9.17) is 23.2 Å². The van der Waals surface area contributed by atoms with Crippen LogP contribution in [0.15, 0.2) is 12.3 Å². The number of hydrogen-bond donors (Lipinski definition) is 0. The van der Waals surface area contributed by atoms with Crippen molar-refractivity contribution in [2.75, 3.05) is 0 Å². The average Bonchev–Trinajstić information content (AvgIpc) is 2.76. The van der Waals surface area contributed by atoms with Crippen molar-refractivity contribution in [3.8, 4) is 0 Å². The van der Waals surface area contributed by atoms with Crippen LogP contribution < -0.4 is 0 Å². The number of hydrogen-bond acceptors (Lipinski definition) is 2. The van der Waals surface area contributed by atoms with Gasteiger partial charge in [0.05, 0.1) is 10.9 Å². The third-order valence-electron chi connectivity index (χ3n) is 4.35. The van der Waals surface area contributed by atoms with Gasteiger partial charge in [0.1, 0.15) is 11.3 Å². The Morgan fingerprint density at radius 1 is 1.30 bits per heavy atom. The van der Waals surface area contributed by atoms with Gasteiger partial charge in [-0.25, -0.2) is 9.97 Å². The van der Waals surface area contributed by atoms with E-state index >= 15 is 0 Å². The SMILES string of the molecule is CC1(Cn2c(CCl)nc3cc(Cl)cnc32)CCCCC1. The zero-order valence-electron chi connectivity index (χ0n) is 11.7. The monoisotopic (exact) mass is 311 g/mol. The minimum absolute atomic E-state index is 0.327. The predicted molar refractivity (Wildman–Crippen MR) is 83.3 cm³/mol. The molecule has 1 aliphatic carbocycles. The van der Waals surface area contributed by atoms with E-state index in [1.807, 2.05) is 6.07 Å². The lowest BCUT2D eigenvalue weighted by atomic mass is 9.75. The molecule has 1 fully saturated rings. The third-order valence-corrected chi connectivity index (χ3v) is 4.80. The lowest BCUT2D eigenvalue weighted by Gasteiger charge is -2.34. The zero-order chi connectivity index (χ0) is 14.2. The molecule has 0 unspecified atom stereocenters. The molecule has 2 aromatic heterocycles. The first-order valence-corrected chi connectivity index (χ1v) is 8.09. The van der Waals surface area contributed by atoms with Gasteiger partial charge in [0, 0.05) is 12.7 Å². The van der Waals surface area contributed by atoms with E-state index in [1.165, 1.54) is 32.1 Å². The summed E-state index contributed by atoms with van der Waals surface area (Å²) in [5.41, 5.74) is 2.07. The molecule has 2 aromatic rings. The number of imidazole rings is 1. The summed E-state index contributed by atoms with van der Waals surface area (Å²) in [6, 6.07) is 1.86. The van der Waals surface area contributed by atoms with Gasteiger partial charge in [-0.1, -0.05) is 37.8 Å². The van der Waals surface area contributed by atoms with E-state index in [9.17, 15) is 0 Å². The Hall–Kier alpha value is -0.800. The van der Waals surface area contributed by atoms with Crippen molar-refractivity contribution in [1.29, 1.82) is 0 Å². The number of fused-ring (bicyclic) bond motifs is 1. The second kappa shape index (κ2) is 5.53. The highest BCUT2D eigenvalue weighted by Crippen LogP contribution is 2.38. The molecule has 3 rings (SSSR count). The largest absolute Gasteiger partial charge is 0.311 e. The Balaban J connectivity index is 2.01. The van der Waals surface area contributed by atoms with Gasteiger partial charge in [-0.3, -0.25) is 0 Å². The van der Waals surface area contributed by atoms with Gasteiger partial charge in [0.25, 0.3) is 0 Å². The highest BCUT2D eigenvalue weighted by molar-refractivity contribution is 6.31. The van der Waals surface area contributed by atoms with Crippen LogP contribution in [0.1, 0.15) is 44.9 Å². The van der Waals surface area contributed by atoms with Gasteiger partial charge < -0.3 is 4.57 Å². The summed E-state index contributed by atoms with van der Waals surface area (Å²) < 4.78 is 2.18. The van der Waals surface area contributed by atoms with Crippen molar-refractivity contribution >= 4 is 34.4 Å². The molecule has 0 aromatic carbocycles. The number of nitrogens with zero attached hydrogens (tertiary/aromatic N) is 3. The molecule has 5 heteroatoms. The first-order valence-electron chi connectivity index (χ1n) is 7.18. The summed E-state index contributed by atoms with van der Waals surface area (Å²) in [5, 5.41) is 0.618. The van der Waals surface area contributed by atoms with Gasteiger partial charge in [-0.2, -0.15) is 0 Å². The fourth-order valence-corrected chi connectivity index (χ4v) is 3.60. The standard InChI is InChI=1S/C15H19Cl2N3/c1-15(5-3-2-4-6-15)10-20-13(8-16)19-12-7-11(17)9-18-14(12)20/h7,9H,2-6,8,10H2,1H3. The quantitative estimate of drug-likeness (QED) is 0.763. The minimum atomic E-state index is 0.327. The number of alkyl halides is 1. The smallest absolute Gasteiger partial charge is 0.160 e. The molecular weight excluding hydrogens is 293 g/mol. The van der Waals surface area contributed by atoms with Crippen molar-refractivity contribution in [2.24, 2.45) is 5.41 Å².